The van der Waals surface area contributed by atoms with E-state index in [0.717, 1.165) is 31.7 Å². The number of rotatable bonds is 6. The molecule has 0 bridgehead atoms. The highest BCUT2D eigenvalue weighted by atomic mass is 15.3. The van der Waals surface area contributed by atoms with Gasteiger partial charge in [-0.05, 0) is 44.5 Å². The zero-order valence-electron chi connectivity index (χ0n) is 11.1. The van der Waals surface area contributed by atoms with Crippen LogP contribution >= 0.6 is 0 Å². The van der Waals surface area contributed by atoms with Gasteiger partial charge in [0.15, 0.2) is 0 Å². The third-order valence-corrected chi connectivity index (χ3v) is 2.88. The highest BCUT2D eigenvalue weighted by Gasteiger charge is 1.99. The van der Waals surface area contributed by atoms with E-state index in [2.05, 4.69) is 39.1 Å². The molecule has 2 aromatic rings. The third-order valence-electron chi connectivity index (χ3n) is 2.88. The van der Waals surface area contributed by atoms with Crippen LogP contribution in [0.25, 0.3) is 0 Å². The molecular formula is C14H20N4. The van der Waals surface area contributed by atoms with Crippen molar-refractivity contribution < 1.29 is 0 Å². The topological polar surface area (TPSA) is 42.7 Å². The summed E-state index contributed by atoms with van der Waals surface area (Å²) in [4.78, 5) is 4.09. The summed E-state index contributed by atoms with van der Waals surface area (Å²) in [5.74, 6) is 0. The highest BCUT2D eigenvalue weighted by Crippen LogP contribution is 2.02. The van der Waals surface area contributed by atoms with E-state index < -0.39 is 0 Å². The van der Waals surface area contributed by atoms with Crippen molar-refractivity contribution in [2.75, 3.05) is 6.54 Å². The van der Waals surface area contributed by atoms with Crippen LogP contribution in [0.2, 0.25) is 0 Å². The summed E-state index contributed by atoms with van der Waals surface area (Å²) in [5, 5.41) is 7.86. The van der Waals surface area contributed by atoms with E-state index in [1.54, 1.807) is 6.20 Å². The Labute approximate surface area is 108 Å². The van der Waals surface area contributed by atoms with E-state index in [9.17, 15) is 0 Å². The summed E-state index contributed by atoms with van der Waals surface area (Å²) in [6.07, 6.45) is 4.78. The summed E-state index contributed by atoms with van der Waals surface area (Å²) >= 11 is 0. The molecule has 4 heteroatoms. The number of nitrogens with one attached hydrogen (secondary N) is 1. The first-order valence-electron chi connectivity index (χ1n) is 6.36. The SMILES string of the molecule is Cc1cc(C)n(CCCNCc2cccnc2)n1. The molecular weight excluding hydrogens is 224 g/mol. The van der Waals surface area contributed by atoms with E-state index in [1.165, 1.54) is 11.3 Å². The lowest BCUT2D eigenvalue weighted by atomic mass is 10.3. The maximum atomic E-state index is 4.44. The van der Waals surface area contributed by atoms with Crippen LogP contribution in [0, 0.1) is 13.8 Å². The molecule has 4 nitrogen and oxygen atoms in total. The molecule has 2 heterocycles. The van der Waals surface area contributed by atoms with E-state index in [4.69, 9.17) is 0 Å². The average Bonchev–Trinajstić information content (AvgIpc) is 2.69. The van der Waals surface area contributed by atoms with Crippen molar-refractivity contribution in [2.45, 2.75) is 33.4 Å². The van der Waals surface area contributed by atoms with Gasteiger partial charge in [-0.2, -0.15) is 5.10 Å². The van der Waals surface area contributed by atoms with Crippen LogP contribution in [0.1, 0.15) is 23.4 Å². The van der Waals surface area contributed by atoms with Gasteiger partial charge in [-0.15, -0.1) is 0 Å². The number of hydrogen-bond donors (Lipinski definition) is 1. The van der Waals surface area contributed by atoms with Crippen LogP contribution in [-0.2, 0) is 13.1 Å². The molecule has 1 N–H and O–H groups in total. The molecule has 0 fully saturated rings. The van der Waals surface area contributed by atoms with Gasteiger partial charge in [0.05, 0.1) is 5.69 Å². The molecule has 0 atom stereocenters. The summed E-state index contributed by atoms with van der Waals surface area (Å²) in [7, 11) is 0. The summed E-state index contributed by atoms with van der Waals surface area (Å²) in [6.45, 7) is 6.98. The lowest BCUT2D eigenvalue weighted by molar-refractivity contribution is 0.532. The van der Waals surface area contributed by atoms with E-state index >= 15 is 0 Å². The van der Waals surface area contributed by atoms with Gasteiger partial charge in [-0.1, -0.05) is 6.07 Å². The fraction of sp³-hybridized carbons (Fsp3) is 0.429. The maximum absolute atomic E-state index is 4.44. The lowest BCUT2D eigenvalue weighted by Crippen LogP contribution is -2.17. The fourth-order valence-electron chi connectivity index (χ4n) is 1.99. The Hall–Kier alpha value is -1.68. The predicted molar refractivity (Wildman–Crippen MR) is 72.3 cm³/mol. The quantitative estimate of drug-likeness (QED) is 0.791. The van der Waals surface area contributed by atoms with Crippen molar-refractivity contribution in [3.8, 4) is 0 Å². The smallest absolute Gasteiger partial charge is 0.0596 e. The van der Waals surface area contributed by atoms with Gasteiger partial charge < -0.3 is 5.32 Å². The summed E-state index contributed by atoms with van der Waals surface area (Å²) < 4.78 is 2.07. The van der Waals surface area contributed by atoms with E-state index in [0.29, 0.717) is 0 Å². The third kappa shape index (κ3) is 3.67. The Morgan fingerprint density at radius 3 is 2.89 bits per heavy atom. The van der Waals surface area contributed by atoms with Gasteiger partial charge >= 0.3 is 0 Å². The molecule has 0 aliphatic heterocycles. The van der Waals surface area contributed by atoms with E-state index in [-0.39, 0.29) is 0 Å². The number of pyridine rings is 1. The largest absolute Gasteiger partial charge is 0.313 e. The Morgan fingerprint density at radius 2 is 2.22 bits per heavy atom. The second-order valence-corrected chi connectivity index (χ2v) is 4.54. The van der Waals surface area contributed by atoms with Gasteiger partial charge in [0.25, 0.3) is 0 Å². The first-order valence-corrected chi connectivity index (χ1v) is 6.36. The van der Waals surface area contributed by atoms with Gasteiger partial charge in [0.2, 0.25) is 0 Å². The molecule has 0 aromatic carbocycles. The number of aryl methyl sites for hydroxylation is 3. The van der Waals surface area contributed by atoms with Crippen molar-refractivity contribution in [3.63, 3.8) is 0 Å². The Balaban J connectivity index is 1.66. The molecule has 96 valence electrons. The van der Waals surface area contributed by atoms with Crippen LogP contribution in [-0.4, -0.2) is 21.3 Å². The molecule has 0 saturated carbocycles. The Bertz CT molecular complexity index is 476. The highest BCUT2D eigenvalue weighted by molar-refractivity contribution is 5.08. The van der Waals surface area contributed by atoms with Crippen molar-refractivity contribution >= 4 is 0 Å². The van der Waals surface area contributed by atoms with Gasteiger partial charge in [-0.25, -0.2) is 0 Å². The monoisotopic (exact) mass is 244 g/mol. The van der Waals surface area contributed by atoms with Crippen molar-refractivity contribution in [3.05, 3.63) is 47.5 Å². The Morgan fingerprint density at radius 1 is 1.33 bits per heavy atom. The number of aromatic nitrogens is 3. The van der Waals surface area contributed by atoms with Crippen molar-refractivity contribution in [2.24, 2.45) is 0 Å². The molecule has 2 aromatic heterocycles. The zero-order valence-corrected chi connectivity index (χ0v) is 11.1. The minimum atomic E-state index is 0.880. The van der Waals surface area contributed by atoms with Crippen LogP contribution in [0.4, 0.5) is 0 Å². The maximum Gasteiger partial charge on any atom is 0.0596 e. The molecule has 0 aliphatic carbocycles. The standard InChI is InChI=1S/C14H20N4/c1-12-9-13(2)18(17-12)8-4-7-16-11-14-5-3-6-15-10-14/h3,5-6,9-10,16H,4,7-8,11H2,1-2H3. The molecule has 0 spiro atoms. The predicted octanol–water partition coefficient (Wildman–Crippen LogP) is 2.07. The lowest BCUT2D eigenvalue weighted by Gasteiger charge is -2.06. The average molecular weight is 244 g/mol. The van der Waals surface area contributed by atoms with Crippen molar-refractivity contribution in [1.29, 1.82) is 0 Å². The van der Waals surface area contributed by atoms with E-state index in [1.807, 2.05) is 19.2 Å². The van der Waals surface area contributed by atoms with Gasteiger partial charge in [-0.3, -0.25) is 9.67 Å². The van der Waals surface area contributed by atoms with Crippen LogP contribution < -0.4 is 5.32 Å². The molecule has 0 amide bonds. The number of hydrogen-bond acceptors (Lipinski definition) is 3. The Kier molecular flexibility index (Phi) is 4.47. The van der Waals surface area contributed by atoms with Crippen molar-refractivity contribution in [1.82, 2.24) is 20.1 Å². The molecule has 2 rings (SSSR count). The molecule has 0 saturated heterocycles. The molecule has 18 heavy (non-hydrogen) atoms. The normalized spacial score (nSPS) is 10.8. The second kappa shape index (κ2) is 6.31. The minimum Gasteiger partial charge on any atom is -0.313 e. The molecule has 0 aliphatic rings. The fourth-order valence-corrected chi connectivity index (χ4v) is 1.99. The molecule has 0 radical (unpaired) electrons. The van der Waals surface area contributed by atoms with Crippen LogP contribution in [0.5, 0.6) is 0 Å². The minimum absolute atomic E-state index is 0.880. The molecule has 0 unspecified atom stereocenters. The zero-order chi connectivity index (χ0) is 12.8. The van der Waals surface area contributed by atoms with Gasteiger partial charge in [0.1, 0.15) is 0 Å². The number of nitrogens with zero attached hydrogens (tertiary/aromatic N) is 3. The van der Waals surface area contributed by atoms with Crippen LogP contribution in [0.3, 0.4) is 0 Å². The van der Waals surface area contributed by atoms with Crippen LogP contribution in [0.15, 0.2) is 30.6 Å². The second-order valence-electron chi connectivity index (χ2n) is 4.54. The van der Waals surface area contributed by atoms with Gasteiger partial charge in [0, 0.05) is 31.2 Å². The summed E-state index contributed by atoms with van der Waals surface area (Å²) in [6, 6.07) is 6.16. The summed E-state index contributed by atoms with van der Waals surface area (Å²) in [5.41, 5.74) is 3.55. The first kappa shape index (κ1) is 12.8. The first-order chi connectivity index (χ1) is 8.75.